The maximum atomic E-state index is 10.9. The normalized spacial score (nSPS) is 9.44. The monoisotopic (exact) mass is 208 g/mol. The topological polar surface area (TPSA) is 53.8 Å². The molecule has 1 aromatic carbocycles. The van der Waals surface area contributed by atoms with Crippen LogP contribution in [0.25, 0.3) is 11.1 Å². The number of hydrogen-bond acceptors (Lipinski definition) is 3. The van der Waals surface area contributed by atoms with Crippen molar-refractivity contribution in [2.75, 3.05) is 0 Å². The number of aldehydes is 1. The number of nitriles is 1. The smallest absolute Gasteiger partial charge is 0.150 e. The zero-order chi connectivity index (χ0) is 11.4. The van der Waals surface area contributed by atoms with Crippen molar-refractivity contribution in [3.8, 4) is 17.2 Å². The summed E-state index contributed by atoms with van der Waals surface area (Å²) in [6, 6.07) is 10.8. The fourth-order valence-corrected chi connectivity index (χ4v) is 1.51. The van der Waals surface area contributed by atoms with Gasteiger partial charge in [-0.1, -0.05) is 12.1 Å². The van der Waals surface area contributed by atoms with Crippen LogP contribution in [0.2, 0.25) is 0 Å². The van der Waals surface area contributed by atoms with Crippen LogP contribution in [0, 0.1) is 11.3 Å². The average Bonchev–Trinajstić information content (AvgIpc) is 2.38. The summed E-state index contributed by atoms with van der Waals surface area (Å²) >= 11 is 0. The van der Waals surface area contributed by atoms with Crippen molar-refractivity contribution in [1.82, 2.24) is 4.98 Å². The van der Waals surface area contributed by atoms with Gasteiger partial charge in [0.05, 0.1) is 11.6 Å². The van der Waals surface area contributed by atoms with E-state index in [1.54, 1.807) is 36.7 Å². The number of benzene rings is 1. The Bertz CT molecular complexity index is 570. The maximum absolute atomic E-state index is 10.9. The fraction of sp³-hybridized carbons (Fsp3) is 0. The largest absolute Gasteiger partial charge is 0.298 e. The fourth-order valence-electron chi connectivity index (χ4n) is 1.51. The Balaban J connectivity index is 2.59. The van der Waals surface area contributed by atoms with Crippen molar-refractivity contribution in [2.24, 2.45) is 0 Å². The standard InChI is InChI=1S/C13H8N2O/c14-7-10-2-1-3-11(6-10)13-8-15-5-4-12(13)9-16/h1-6,8-9H. The van der Waals surface area contributed by atoms with Crippen LogP contribution in [0.1, 0.15) is 15.9 Å². The van der Waals surface area contributed by atoms with Gasteiger partial charge in [0.1, 0.15) is 0 Å². The molecule has 0 atom stereocenters. The van der Waals surface area contributed by atoms with Gasteiger partial charge in [0.25, 0.3) is 0 Å². The number of carbonyl (C=O) groups excluding carboxylic acids is 1. The molecule has 0 amide bonds. The third kappa shape index (κ3) is 1.82. The molecule has 0 N–H and O–H groups in total. The Kier molecular flexibility index (Phi) is 2.75. The lowest BCUT2D eigenvalue weighted by Gasteiger charge is -2.03. The number of pyridine rings is 1. The van der Waals surface area contributed by atoms with Crippen LogP contribution in [0.4, 0.5) is 0 Å². The Morgan fingerprint density at radius 1 is 1.31 bits per heavy atom. The lowest BCUT2D eigenvalue weighted by Crippen LogP contribution is -1.89. The van der Waals surface area contributed by atoms with Crippen molar-refractivity contribution >= 4 is 6.29 Å². The van der Waals surface area contributed by atoms with Crippen LogP contribution in [0.3, 0.4) is 0 Å². The van der Waals surface area contributed by atoms with Gasteiger partial charge in [0.15, 0.2) is 6.29 Å². The molecular formula is C13H8N2O. The third-order valence-electron chi connectivity index (χ3n) is 2.28. The van der Waals surface area contributed by atoms with Gasteiger partial charge < -0.3 is 0 Å². The van der Waals surface area contributed by atoms with Crippen LogP contribution in [0.15, 0.2) is 42.7 Å². The van der Waals surface area contributed by atoms with E-state index in [-0.39, 0.29) is 0 Å². The van der Waals surface area contributed by atoms with Crippen LogP contribution in [0.5, 0.6) is 0 Å². The predicted molar refractivity (Wildman–Crippen MR) is 59.8 cm³/mol. The quantitative estimate of drug-likeness (QED) is 0.712. The highest BCUT2D eigenvalue weighted by Crippen LogP contribution is 2.22. The molecule has 2 aromatic rings. The molecule has 2 rings (SSSR count). The molecule has 3 heteroatoms. The van der Waals surface area contributed by atoms with Crippen LogP contribution in [-0.2, 0) is 0 Å². The Labute approximate surface area is 93.0 Å². The Morgan fingerprint density at radius 2 is 2.19 bits per heavy atom. The minimum Gasteiger partial charge on any atom is -0.298 e. The van der Waals surface area contributed by atoms with Crippen molar-refractivity contribution in [1.29, 1.82) is 5.26 Å². The van der Waals surface area contributed by atoms with E-state index in [0.29, 0.717) is 11.1 Å². The highest BCUT2D eigenvalue weighted by Gasteiger charge is 2.04. The minimum absolute atomic E-state index is 0.568. The van der Waals surface area contributed by atoms with Gasteiger partial charge in [-0.2, -0.15) is 5.26 Å². The predicted octanol–water partition coefficient (Wildman–Crippen LogP) is 2.43. The van der Waals surface area contributed by atoms with E-state index in [0.717, 1.165) is 17.4 Å². The molecule has 0 saturated carbocycles. The van der Waals surface area contributed by atoms with Gasteiger partial charge >= 0.3 is 0 Å². The molecule has 0 bridgehead atoms. The van der Waals surface area contributed by atoms with E-state index in [9.17, 15) is 4.79 Å². The lowest BCUT2D eigenvalue weighted by atomic mass is 10.0. The lowest BCUT2D eigenvalue weighted by molar-refractivity contribution is 0.112. The molecule has 3 nitrogen and oxygen atoms in total. The second-order valence-electron chi connectivity index (χ2n) is 3.27. The molecular weight excluding hydrogens is 200 g/mol. The van der Waals surface area contributed by atoms with Gasteiger partial charge in [0, 0.05) is 23.5 Å². The van der Waals surface area contributed by atoms with Gasteiger partial charge in [-0.05, 0) is 23.8 Å². The van der Waals surface area contributed by atoms with Crippen molar-refractivity contribution in [3.63, 3.8) is 0 Å². The SMILES string of the molecule is N#Cc1cccc(-c2cnccc2C=O)c1. The number of carbonyl (C=O) groups is 1. The summed E-state index contributed by atoms with van der Waals surface area (Å²) in [7, 11) is 0. The number of rotatable bonds is 2. The first kappa shape index (κ1) is 10.1. The molecule has 76 valence electrons. The summed E-state index contributed by atoms with van der Waals surface area (Å²) in [6.45, 7) is 0. The van der Waals surface area contributed by atoms with Crippen LogP contribution >= 0.6 is 0 Å². The first-order valence-electron chi connectivity index (χ1n) is 4.75. The molecule has 1 aromatic heterocycles. The van der Waals surface area contributed by atoms with E-state index in [1.807, 2.05) is 6.07 Å². The van der Waals surface area contributed by atoms with Gasteiger partial charge in [0.2, 0.25) is 0 Å². The van der Waals surface area contributed by atoms with Gasteiger partial charge in [-0.15, -0.1) is 0 Å². The number of hydrogen-bond donors (Lipinski definition) is 0. The second kappa shape index (κ2) is 4.37. The van der Waals surface area contributed by atoms with E-state index >= 15 is 0 Å². The molecule has 0 saturated heterocycles. The summed E-state index contributed by atoms with van der Waals surface area (Å²) in [4.78, 5) is 14.8. The average molecular weight is 208 g/mol. The zero-order valence-corrected chi connectivity index (χ0v) is 8.42. The molecule has 0 aliphatic heterocycles. The highest BCUT2D eigenvalue weighted by atomic mass is 16.1. The molecule has 16 heavy (non-hydrogen) atoms. The number of nitrogens with zero attached hydrogens (tertiary/aromatic N) is 2. The Morgan fingerprint density at radius 3 is 2.94 bits per heavy atom. The molecule has 0 radical (unpaired) electrons. The highest BCUT2D eigenvalue weighted by molar-refractivity contribution is 5.87. The molecule has 0 aliphatic carbocycles. The van der Waals surface area contributed by atoms with E-state index in [2.05, 4.69) is 11.1 Å². The van der Waals surface area contributed by atoms with Crippen LogP contribution in [-0.4, -0.2) is 11.3 Å². The zero-order valence-electron chi connectivity index (χ0n) is 8.42. The summed E-state index contributed by atoms with van der Waals surface area (Å²) in [6.07, 6.45) is 3.98. The van der Waals surface area contributed by atoms with Gasteiger partial charge in [-0.25, -0.2) is 0 Å². The molecule has 0 aliphatic rings. The number of aromatic nitrogens is 1. The van der Waals surface area contributed by atoms with Crippen LogP contribution < -0.4 is 0 Å². The molecule has 1 heterocycles. The van der Waals surface area contributed by atoms with Crippen molar-refractivity contribution in [3.05, 3.63) is 53.9 Å². The van der Waals surface area contributed by atoms with Crippen molar-refractivity contribution in [2.45, 2.75) is 0 Å². The first-order valence-corrected chi connectivity index (χ1v) is 4.75. The minimum atomic E-state index is 0.568. The van der Waals surface area contributed by atoms with Gasteiger partial charge in [-0.3, -0.25) is 9.78 Å². The molecule has 0 spiro atoms. The summed E-state index contributed by atoms with van der Waals surface area (Å²) in [5, 5.41) is 8.80. The Hall–Kier alpha value is -2.47. The van der Waals surface area contributed by atoms with E-state index < -0.39 is 0 Å². The second-order valence-corrected chi connectivity index (χ2v) is 3.27. The summed E-state index contributed by atoms with van der Waals surface area (Å²) < 4.78 is 0. The maximum Gasteiger partial charge on any atom is 0.150 e. The van der Waals surface area contributed by atoms with Crippen molar-refractivity contribution < 1.29 is 4.79 Å². The third-order valence-corrected chi connectivity index (χ3v) is 2.28. The van der Waals surface area contributed by atoms with E-state index in [4.69, 9.17) is 5.26 Å². The van der Waals surface area contributed by atoms with E-state index in [1.165, 1.54) is 0 Å². The molecule has 0 unspecified atom stereocenters. The molecule has 0 fully saturated rings. The first-order chi connectivity index (χ1) is 7.85. The summed E-state index contributed by atoms with van der Waals surface area (Å²) in [5.74, 6) is 0. The summed E-state index contributed by atoms with van der Waals surface area (Å²) in [5.41, 5.74) is 2.71.